The molecule has 0 aromatic heterocycles. The van der Waals surface area contributed by atoms with Gasteiger partial charge in [0.1, 0.15) is 6.29 Å². The zero-order chi connectivity index (χ0) is 13.2. The van der Waals surface area contributed by atoms with E-state index in [1.54, 1.807) is 24.3 Å². The van der Waals surface area contributed by atoms with Crippen molar-refractivity contribution < 1.29 is 13.2 Å². The standard InChI is InChI=1S/C12H14BrNO3S/c13-11-3-1-2-4-12(11)18(16,17)14-7-5-10(9-15)6-8-14/h1-4,9-10H,5-8H2. The van der Waals surface area contributed by atoms with E-state index in [2.05, 4.69) is 15.9 Å². The van der Waals surface area contributed by atoms with Gasteiger partial charge in [-0.15, -0.1) is 0 Å². The lowest BCUT2D eigenvalue weighted by Crippen LogP contribution is -2.38. The Bertz CT molecular complexity index is 536. The first-order valence-electron chi connectivity index (χ1n) is 5.75. The van der Waals surface area contributed by atoms with E-state index in [-0.39, 0.29) is 10.8 Å². The van der Waals surface area contributed by atoms with Gasteiger partial charge in [-0.3, -0.25) is 0 Å². The maximum Gasteiger partial charge on any atom is 0.244 e. The maximum absolute atomic E-state index is 12.4. The van der Waals surface area contributed by atoms with Gasteiger partial charge in [-0.25, -0.2) is 8.42 Å². The highest BCUT2D eigenvalue weighted by Crippen LogP contribution is 2.27. The molecule has 0 unspecified atom stereocenters. The Morgan fingerprint density at radius 2 is 1.83 bits per heavy atom. The number of benzene rings is 1. The summed E-state index contributed by atoms with van der Waals surface area (Å²) in [6.07, 6.45) is 2.13. The summed E-state index contributed by atoms with van der Waals surface area (Å²) in [5, 5.41) is 0. The molecule has 0 aliphatic carbocycles. The summed E-state index contributed by atoms with van der Waals surface area (Å²) >= 11 is 3.26. The molecule has 0 N–H and O–H groups in total. The minimum atomic E-state index is -3.45. The third-order valence-corrected chi connectivity index (χ3v) is 6.06. The Balaban J connectivity index is 2.23. The molecule has 0 bridgehead atoms. The molecule has 0 spiro atoms. The summed E-state index contributed by atoms with van der Waals surface area (Å²) in [6, 6.07) is 6.79. The van der Waals surface area contributed by atoms with E-state index in [0.29, 0.717) is 30.4 Å². The second kappa shape index (κ2) is 5.50. The molecule has 1 aromatic carbocycles. The molecule has 0 atom stereocenters. The number of halogens is 1. The highest BCUT2D eigenvalue weighted by Gasteiger charge is 2.30. The van der Waals surface area contributed by atoms with Crippen molar-refractivity contribution in [3.63, 3.8) is 0 Å². The molecular formula is C12H14BrNO3S. The summed E-state index contributed by atoms with van der Waals surface area (Å²) in [5.41, 5.74) is 0. The first-order chi connectivity index (χ1) is 8.55. The molecule has 1 aromatic rings. The highest BCUT2D eigenvalue weighted by atomic mass is 79.9. The van der Waals surface area contributed by atoms with Crippen LogP contribution in [0.25, 0.3) is 0 Å². The quantitative estimate of drug-likeness (QED) is 0.796. The third-order valence-electron chi connectivity index (χ3n) is 3.15. The number of rotatable bonds is 3. The number of piperidine rings is 1. The van der Waals surface area contributed by atoms with Crippen LogP contribution in [0.2, 0.25) is 0 Å². The molecule has 0 saturated carbocycles. The summed E-state index contributed by atoms with van der Waals surface area (Å²) in [4.78, 5) is 11.0. The average molecular weight is 332 g/mol. The lowest BCUT2D eigenvalue weighted by atomic mass is 10.0. The third kappa shape index (κ3) is 2.65. The van der Waals surface area contributed by atoms with E-state index < -0.39 is 10.0 Å². The fourth-order valence-electron chi connectivity index (χ4n) is 2.05. The summed E-state index contributed by atoms with van der Waals surface area (Å²) in [7, 11) is -3.45. The Hall–Kier alpha value is -0.720. The van der Waals surface area contributed by atoms with Crippen LogP contribution in [-0.4, -0.2) is 32.1 Å². The van der Waals surface area contributed by atoms with Crippen LogP contribution in [0.4, 0.5) is 0 Å². The fraction of sp³-hybridized carbons (Fsp3) is 0.417. The predicted octanol–water partition coefficient (Wildman–Crippen LogP) is 2.05. The van der Waals surface area contributed by atoms with E-state index in [0.717, 1.165) is 6.29 Å². The molecule has 18 heavy (non-hydrogen) atoms. The van der Waals surface area contributed by atoms with Gasteiger partial charge < -0.3 is 4.79 Å². The molecular weight excluding hydrogens is 318 g/mol. The van der Waals surface area contributed by atoms with Crippen molar-refractivity contribution in [3.8, 4) is 0 Å². The van der Waals surface area contributed by atoms with Gasteiger partial charge >= 0.3 is 0 Å². The smallest absolute Gasteiger partial charge is 0.244 e. The van der Waals surface area contributed by atoms with Crippen molar-refractivity contribution in [1.82, 2.24) is 4.31 Å². The Morgan fingerprint density at radius 1 is 1.22 bits per heavy atom. The van der Waals surface area contributed by atoms with Crippen molar-refractivity contribution in [2.75, 3.05) is 13.1 Å². The SMILES string of the molecule is O=CC1CCN(S(=O)(=O)c2ccccc2Br)CC1. The van der Waals surface area contributed by atoms with Gasteiger partial charge in [0.2, 0.25) is 10.0 Å². The zero-order valence-corrected chi connectivity index (χ0v) is 12.2. The number of sulfonamides is 1. The van der Waals surface area contributed by atoms with Gasteiger partial charge in [0.25, 0.3) is 0 Å². The predicted molar refractivity (Wildman–Crippen MR) is 71.7 cm³/mol. The summed E-state index contributed by atoms with van der Waals surface area (Å²) in [5.74, 6) is -0.00401. The van der Waals surface area contributed by atoms with Crippen molar-refractivity contribution in [2.24, 2.45) is 5.92 Å². The minimum absolute atomic E-state index is 0.00401. The van der Waals surface area contributed by atoms with E-state index in [9.17, 15) is 13.2 Å². The number of aldehydes is 1. The van der Waals surface area contributed by atoms with Gasteiger partial charge in [-0.2, -0.15) is 4.31 Å². The topological polar surface area (TPSA) is 54.5 Å². The number of carbonyl (C=O) groups excluding carboxylic acids is 1. The van der Waals surface area contributed by atoms with Crippen LogP contribution in [0.15, 0.2) is 33.6 Å². The molecule has 1 heterocycles. The van der Waals surface area contributed by atoms with Gasteiger partial charge in [-0.1, -0.05) is 12.1 Å². The summed E-state index contributed by atoms with van der Waals surface area (Å²) < 4.78 is 26.8. The normalized spacial score (nSPS) is 18.7. The van der Waals surface area contributed by atoms with Crippen molar-refractivity contribution in [2.45, 2.75) is 17.7 Å². The average Bonchev–Trinajstić information content (AvgIpc) is 2.39. The van der Waals surface area contributed by atoms with Crippen molar-refractivity contribution in [3.05, 3.63) is 28.7 Å². The summed E-state index contributed by atoms with van der Waals surface area (Å²) in [6.45, 7) is 0.820. The van der Waals surface area contributed by atoms with Crippen LogP contribution in [0.5, 0.6) is 0 Å². The molecule has 1 aliphatic rings. The van der Waals surface area contributed by atoms with E-state index in [1.165, 1.54) is 4.31 Å². The number of carbonyl (C=O) groups is 1. The van der Waals surface area contributed by atoms with Crippen molar-refractivity contribution in [1.29, 1.82) is 0 Å². The van der Waals surface area contributed by atoms with Gasteiger partial charge in [0, 0.05) is 23.5 Å². The van der Waals surface area contributed by atoms with Crippen LogP contribution in [0, 0.1) is 5.92 Å². The van der Waals surface area contributed by atoms with Gasteiger partial charge in [0.05, 0.1) is 4.90 Å². The Kier molecular flexibility index (Phi) is 4.19. The van der Waals surface area contributed by atoms with Gasteiger partial charge in [-0.05, 0) is 40.9 Å². The van der Waals surface area contributed by atoms with Crippen LogP contribution < -0.4 is 0 Å². The number of hydrogen-bond acceptors (Lipinski definition) is 3. The molecule has 4 nitrogen and oxygen atoms in total. The Morgan fingerprint density at radius 3 is 2.39 bits per heavy atom. The Labute approximate surface area is 115 Å². The fourth-order valence-corrected chi connectivity index (χ4v) is 4.48. The molecule has 1 saturated heterocycles. The lowest BCUT2D eigenvalue weighted by Gasteiger charge is -2.29. The number of hydrogen-bond donors (Lipinski definition) is 0. The molecule has 0 radical (unpaired) electrons. The van der Waals surface area contributed by atoms with Crippen molar-refractivity contribution >= 4 is 32.2 Å². The van der Waals surface area contributed by atoms with E-state index in [4.69, 9.17) is 0 Å². The second-order valence-corrected chi connectivity index (χ2v) is 7.07. The number of nitrogens with zero attached hydrogens (tertiary/aromatic N) is 1. The first kappa shape index (κ1) is 13.7. The molecule has 6 heteroatoms. The highest BCUT2D eigenvalue weighted by molar-refractivity contribution is 9.10. The molecule has 2 rings (SSSR count). The van der Waals surface area contributed by atoms with Gasteiger partial charge in [0.15, 0.2) is 0 Å². The van der Waals surface area contributed by atoms with Crippen LogP contribution >= 0.6 is 15.9 Å². The molecule has 0 amide bonds. The van der Waals surface area contributed by atoms with E-state index >= 15 is 0 Å². The zero-order valence-electron chi connectivity index (χ0n) is 9.75. The molecule has 1 fully saturated rings. The lowest BCUT2D eigenvalue weighted by molar-refractivity contribution is -0.112. The largest absolute Gasteiger partial charge is 0.303 e. The first-order valence-corrected chi connectivity index (χ1v) is 7.99. The maximum atomic E-state index is 12.4. The molecule has 98 valence electrons. The monoisotopic (exact) mass is 331 g/mol. The van der Waals surface area contributed by atoms with Crippen LogP contribution in [-0.2, 0) is 14.8 Å². The van der Waals surface area contributed by atoms with Crippen LogP contribution in [0.1, 0.15) is 12.8 Å². The minimum Gasteiger partial charge on any atom is -0.303 e. The van der Waals surface area contributed by atoms with Crippen LogP contribution in [0.3, 0.4) is 0 Å². The van der Waals surface area contributed by atoms with E-state index in [1.807, 2.05) is 0 Å². The second-order valence-electron chi connectivity index (χ2n) is 4.31. The molecule has 1 aliphatic heterocycles.